The van der Waals surface area contributed by atoms with Crippen molar-refractivity contribution in [1.29, 1.82) is 0 Å². The maximum absolute atomic E-state index is 10.6. The van der Waals surface area contributed by atoms with Crippen LogP contribution in [0.2, 0.25) is 0 Å². The summed E-state index contributed by atoms with van der Waals surface area (Å²) in [7, 11) is 0. The third-order valence-electron chi connectivity index (χ3n) is 5.31. The Balaban J connectivity index is 2.26. The van der Waals surface area contributed by atoms with Gasteiger partial charge in [-0.15, -0.1) is 0 Å². The molecule has 2 N–H and O–H groups in total. The zero-order chi connectivity index (χ0) is 12.7. The topological polar surface area (TPSA) is 40.5 Å². The number of hydrogen-bond donors (Lipinski definition) is 2. The van der Waals surface area contributed by atoms with Gasteiger partial charge in [-0.1, -0.05) is 18.9 Å². The van der Waals surface area contributed by atoms with Crippen LogP contribution < -0.4 is 0 Å². The van der Waals surface area contributed by atoms with Crippen molar-refractivity contribution in [3.05, 3.63) is 11.1 Å². The second-order valence-electron chi connectivity index (χ2n) is 6.66. The van der Waals surface area contributed by atoms with Crippen molar-refractivity contribution in [3.63, 3.8) is 0 Å². The second-order valence-corrected chi connectivity index (χ2v) is 6.66. The van der Waals surface area contributed by atoms with Crippen molar-refractivity contribution in [2.45, 2.75) is 64.9 Å². The minimum absolute atomic E-state index is 0.168. The van der Waals surface area contributed by atoms with Crippen LogP contribution in [0.4, 0.5) is 0 Å². The zero-order valence-electron chi connectivity index (χ0n) is 11.4. The summed E-state index contributed by atoms with van der Waals surface area (Å²) in [4.78, 5) is 0. The molecular formula is C15H26O2. The van der Waals surface area contributed by atoms with Gasteiger partial charge in [0.15, 0.2) is 0 Å². The molecule has 2 fully saturated rings. The maximum Gasteiger partial charge on any atom is 0.0656 e. The molecule has 0 aromatic heterocycles. The van der Waals surface area contributed by atoms with E-state index in [0.29, 0.717) is 11.3 Å². The van der Waals surface area contributed by atoms with Crippen LogP contribution in [0.25, 0.3) is 0 Å². The number of aliphatic hydroxyl groups is 2. The van der Waals surface area contributed by atoms with Gasteiger partial charge in [-0.2, -0.15) is 0 Å². The van der Waals surface area contributed by atoms with E-state index >= 15 is 0 Å². The molecule has 2 rings (SSSR count). The van der Waals surface area contributed by atoms with E-state index in [1.54, 1.807) is 0 Å². The normalized spacial score (nSPS) is 45.4. The van der Waals surface area contributed by atoms with Gasteiger partial charge >= 0.3 is 0 Å². The van der Waals surface area contributed by atoms with Crippen LogP contribution in [0.15, 0.2) is 11.1 Å². The summed E-state index contributed by atoms with van der Waals surface area (Å²) in [6.45, 7) is 6.54. The smallest absolute Gasteiger partial charge is 0.0656 e. The highest BCUT2D eigenvalue weighted by Crippen LogP contribution is 2.55. The summed E-state index contributed by atoms with van der Waals surface area (Å²) < 4.78 is 0. The van der Waals surface area contributed by atoms with E-state index in [9.17, 15) is 10.2 Å². The molecule has 98 valence electrons. The van der Waals surface area contributed by atoms with E-state index in [0.717, 1.165) is 31.3 Å². The van der Waals surface area contributed by atoms with E-state index in [4.69, 9.17) is 0 Å². The van der Waals surface area contributed by atoms with Gasteiger partial charge in [-0.25, -0.2) is 0 Å². The van der Waals surface area contributed by atoms with Crippen molar-refractivity contribution in [2.24, 2.45) is 11.3 Å². The van der Waals surface area contributed by atoms with Crippen LogP contribution in [0, 0.1) is 11.3 Å². The lowest BCUT2D eigenvalue weighted by atomic mass is 9.54. The molecule has 2 saturated carbocycles. The van der Waals surface area contributed by atoms with Crippen molar-refractivity contribution in [2.75, 3.05) is 6.61 Å². The molecule has 0 heterocycles. The first-order valence-electron chi connectivity index (χ1n) is 6.90. The zero-order valence-corrected chi connectivity index (χ0v) is 11.4. The van der Waals surface area contributed by atoms with Crippen LogP contribution in [-0.4, -0.2) is 22.4 Å². The van der Waals surface area contributed by atoms with Crippen molar-refractivity contribution in [1.82, 2.24) is 0 Å². The van der Waals surface area contributed by atoms with Gasteiger partial charge < -0.3 is 10.2 Å². The van der Waals surface area contributed by atoms with Crippen molar-refractivity contribution >= 4 is 0 Å². The average molecular weight is 238 g/mol. The molecule has 0 spiro atoms. The van der Waals surface area contributed by atoms with E-state index in [2.05, 4.69) is 6.92 Å². The summed E-state index contributed by atoms with van der Waals surface area (Å²) in [6.07, 6.45) is 6.59. The Hall–Kier alpha value is -0.340. The molecule has 0 aromatic carbocycles. The highest BCUT2D eigenvalue weighted by atomic mass is 16.3. The monoisotopic (exact) mass is 238 g/mol. The van der Waals surface area contributed by atoms with Gasteiger partial charge in [0, 0.05) is 0 Å². The van der Waals surface area contributed by atoms with Gasteiger partial charge in [-0.3, -0.25) is 0 Å². The SMILES string of the molecule is CC(CO)=C1CCC2(C)CCCC(C)(O)C2C1. The molecule has 0 saturated heterocycles. The fourth-order valence-corrected chi connectivity index (χ4v) is 4.00. The Labute approximate surface area is 105 Å². The lowest BCUT2D eigenvalue weighted by Gasteiger charge is -2.53. The lowest BCUT2D eigenvalue weighted by Crippen LogP contribution is -2.50. The maximum atomic E-state index is 10.6. The Bertz CT molecular complexity index is 330. The largest absolute Gasteiger partial charge is 0.392 e. The van der Waals surface area contributed by atoms with Crippen LogP contribution in [0.5, 0.6) is 0 Å². The first kappa shape index (κ1) is 13.1. The first-order chi connectivity index (χ1) is 7.89. The molecule has 0 aliphatic heterocycles. The van der Waals surface area contributed by atoms with Crippen LogP contribution in [-0.2, 0) is 0 Å². The molecule has 2 aliphatic carbocycles. The van der Waals surface area contributed by atoms with Crippen molar-refractivity contribution in [3.8, 4) is 0 Å². The Morgan fingerprint density at radius 2 is 2.00 bits per heavy atom. The summed E-state index contributed by atoms with van der Waals surface area (Å²) in [5.74, 6) is 0.369. The highest BCUT2D eigenvalue weighted by molar-refractivity contribution is 5.19. The molecular weight excluding hydrogens is 212 g/mol. The predicted octanol–water partition coefficient (Wildman–Crippen LogP) is 3.04. The first-order valence-corrected chi connectivity index (χ1v) is 6.90. The van der Waals surface area contributed by atoms with E-state index in [-0.39, 0.29) is 6.61 Å². The third-order valence-corrected chi connectivity index (χ3v) is 5.31. The van der Waals surface area contributed by atoms with E-state index in [1.807, 2.05) is 13.8 Å². The minimum Gasteiger partial charge on any atom is -0.392 e. The Kier molecular flexibility index (Phi) is 3.39. The fourth-order valence-electron chi connectivity index (χ4n) is 4.00. The molecule has 2 aliphatic rings. The molecule has 0 aromatic rings. The predicted molar refractivity (Wildman–Crippen MR) is 69.7 cm³/mol. The fraction of sp³-hybridized carbons (Fsp3) is 0.867. The quantitative estimate of drug-likeness (QED) is 0.689. The van der Waals surface area contributed by atoms with Gasteiger partial charge in [0.25, 0.3) is 0 Å². The summed E-state index contributed by atoms with van der Waals surface area (Å²) in [6, 6.07) is 0. The summed E-state index contributed by atoms with van der Waals surface area (Å²) in [5, 5.41) is 19.9. The van der Waals surface area contributed by atoms with Gasteiger partial charge in [0.2, 0.25) is 0 Å². The molecule has 3 atom stereocenters. The second kappa shape index (κ2) is 4.40. The van der Waals surface area contributed by atoms with Crippen molar-refractivity contribution < 1.29 is 10.2 Å². The minimum atomic E-state index is -0.519. The van der Waals surface area contributed by atoms with Gasteiger partial charge in [0.1, 0.15) is 0 Å². The molecule has 2 heteroatoms. The third kappa shape index (κ3) is 2.30. The highest BCUT2D eigenvalue weighted by Gasteiger charge is 2.49. The summed E-state index contributed by atoms with van der Waals surface area (Å²) >= 11 is 0. The van der Waals surface area contributed by atoms with Gasteiger partial charge in [0.05, 0.1) is 12.2 Å². The Morgan fingerprint density at radius 3 is 2.65 bits per heavy atom. The van der Waals surface area contributed by atoms with Crippen LogP contribution >= 0.6 is 0 Å². The average Bonchev–Trinajstić information content (AvgIpc) is 2.27. The summed E-state index contributed by atoms with van der Waals surface area (Å²) in [5.41, 5.74) is 2.29. The Morgan fingerprint density at radius 1 is 1.29 bits per heavy atom. The van der Waals surface area contributed by atoms with Gasteiger partial charge in [-0.05, 0) is 62.9 Å². The molecule has 17 heavy (non-hydrogen) atoms. The number of rotatable bonds is 1. The molecule has 2 nitrogen and oxygen atoms in total. The van der Waals surface area contributed by atoms with E-state index < -0.39 is 5.60 Å². The number of hydrogen-bond acceptors (Lipinski definition) is 2. The molecule has 3 unspecified atom stereocenters. The molecule has 0 bridgehead atoms. The van der Waals surface area contributed by atoms with Crippen LogP contribution in [0.3, 0.4) is 0 Å². The standard InChI is InChI=1S/C15H26O2/c1-11(10-16)12-5-8-14(2)6-4-7-15(3,17)13(14)9-12/h13,16-17H,4-10H2,1-3H3. The molecule has 0 radical (unpaired) electrons. The lowest BCUT2D eigenvalue weighted by molar-refractivity contribution is -0.105. The number of aliphatic hydroxyl groups excluding tert-OH is 1. The van der Waals surface area contributed by atoms with Crippen LogP contribution in [0.1, 0.15) is 59.3 Å². The number of fused-ring (bicyclic) bond motifs is 1. The molecule has 0 amide bonds. The van der Waals surface area contributed by atoms with E-state index in [1.165, 1.54) is 18.4 Å². The number of allylic oxidation sites excluding steroid dienone is 1.